The maximum Gasteiger partial charge on any atom is 0.123 e. The van der Waals surface area contributed by atoms with Crippen molar-refractivity contribution >= 4 is 0 Å². The first kappa shape index (κ1) is 21.5. The second kappa shape index (κ2) is 8.67. The van der Waals surface area contributed by atoms with Crippen molar-refractivity contribution in [1.29, 1.82) is 0 Å². The van der Waals surface area contributed by atoms with Crippen molar-refractivity contribution in [2.24, 2.45) is 35.5 Å². The highest BCUT2D eigenvalue weighted by molar-refractivity contribution is 5.50. The zero-order valence-corrected chi connectivity index (χ0v) is 18.9. The smallest absolute Gasteiger partial charge is 0.123 e. The number of phenols is 2. The largest absolute Gasteiger partial charge is 0.508 e. The summed E-state index contributed by atoms with van der Waals surface area (Å²) < 4.78 is 0. The molecule has 0 heterocycles. The van der Waals surface area contributed by atoms with Crippen LogP contribution >= 0.6 is 0 Å². The highest BCUT2D eigenvalue weighted by Gasteiger charge is 2.37. The molecule has 0 amide bonds. The van der Waals surface area contributed by atoms with Crippen molar-refractivity contribution in [2.45, 2.75) is 91.9 Å². The number of rotatable bonds is 4. The molecule has 158 valence electrons. The molecule has 2 N–H and O–H groups in total. The van der Waals surface area contributed by atoms with Crippen LogP contribution in [0, 0.1) is 35.5 Å². The Morgan fingerprint density at radius 1 is 0.714 bits per heavy atom. The summed E-state index contributed by atoms with van der Waals surface area (Å²) >= 11 is 0. The number of benzene rings is 1. The third-order valence-electron chi connectivity index (χ3n) is 8.00. The summed E-state index contributed by atoms with van der Waals surface area (Å²) in [5.74, 6) is 5.13. The Kier molecular flexibility index (Phi) is 6.67. The molecule has 2 fully saturated rings. The van der Waals surface area contributed by atoms with Gasteiger partial charge in [0.15, 0.2) is 0 Å². The molecule has 6 atom stereocenters. The van der Waals surface area contributed by atoms with Crippen molar-refractivity contribution in [1.82, 2.24) is 0 Å². The lowest BCUT2D eigenvalue weighted by atomic mass is 9.65. The van der Waals surface area contributed by atoms with E-state index in [0.29, 0.717) is 52.9 Å². The summed E-state index contributed by atoms with van der Waals surface area (Å²) in [5, 5.41) is 22.1. The van der Waals surface area contributed by atoms with E-state index in [1.807, 2.05) is 12.1 Å². The minimum atomic E-state index is 0.268. The first-order valence-electron chi connectivity index (χ1n) is 11.7. The standard InChI is InChI=1S/C26H42O2/c1-15(2)20-9-7-17(5)11-22(20)19-13-24(27)26(25(28)14-19)23-12-18(6)8-10-21(23)16(3)4/h13-18,20-23,27-28H,7-12H2,1-6H3. The van der Waals surface area contributed by atoms with Gasteiger partial charge in [-0.25, -0.2) is 0 Å². The second-order valence-electron chi connectivity index (χ2n) is 10.8. The molecule has 3 rings (SSSR count). The van der Waals surface area contributed by atoms with Gasteiger partial charge < -0.3 is 10.2 Å². The van der Waals surface area contributed by atoms with Crippen LogP contribution < -0.4 is 0 Å². The van der Waals surface area contributed by atoms with E-state index < -0.39 is 0 Å². The summed E-state index contributed by atoms with van der Waals surface area (Å²) in [6.45, 7) is 13.9. The second-order valence-corrected chi connectivity index (χ2v) is 10.8. The molecule has 0 saturated heterocycles. The molecule has 0 spiro atoms. The summed E-state index contributed by atoms with van der Waals surface area (Å²) in [4.78, 5) is 0. The van der Waals surface area contributed by atoms with Gasteiger partial charge in [0.1, 0.15) is 11.5 Å². The van der Waals surface area contributed by atoms with Gasteiger partial charge >= 0.3 is 0 Å². The Labute approximate surface area is 172 Å². The molecule has 0 aromatic heterocycles. The fourth-order valence-electron chi connectivity index (χ4n) is 6.36. The number of aromatic hydroxyl groups is 2. The fraction of sp³-hybridized carbons (Fsp3) is 0.769. The Bertz CT molecular complexity index is 639. The van der Waals surface area contributed by atoms with Crippen molar-refractivity contribution in [2.75, 3.05) is 0 Å². The Morgan fingerprint density at radius 3 is 1.61 bits per heavy atom. The van der Waals surface area contributed by atoms with E-state index in [1.54, 1.807) is 0 Å². The lowest BCUT2D eigenvalue weighted by molar-refractivity contribution is 0.190. The molecular formula is C26H42O2. The molecule has 2 aliphatic carbocycles. The summed E-state index contributed by atoms with van der Waals surface area (Å²) in [5.41, 5.74) is 1.97. The minimum absolute atomic E-state index is 0.268. The van der Waals surface area contributed by atoms with Crippen molar-refractivity contribution in [3.63, 3.8) is 0 Å². The van der Waals surface area contributed by atoms with Gasteiger partial charge in [0, 0.05) is 5.56 Å². The highest BCUT2D eigenvalue weighted by Crippen LogP contribution is 2.51. The molecule has 0 radical (unpaired) electrons. The van der Waals surface area contributed by atoms with Gasteiger partial charge in [0.05, 0.1) is 0 Å². The third-order valence-corrected chi connectivity index (χ3v) is 8.00. The quantitative estimate of drug-likeness (QED) is 0.564. The molecular weight excluding hydrogens is 344 g/mol. The van der Waals surface area contributed by atoms with Crippen LogP contribution in [0.25, 0.3) is 0 Å². The molecule has 2 saturated carbocycles. The summed E-state index contributed by atoms with van der Waals surface area (Å²) in [7, 11) is 0. The van der Waals surface area contributed by atoms with Crippen LogP contribution in [0.2, 0.25) is 0 Å². The predicted molar refractivity (Wildman–Crippen MR) is 118 cm³/mol. The monoisotopic (exact) mass is 386 g/mol. The SMILES string of the molecule is CC1CCC(C(C)C)C(c2cc(O)c(C3CC(C)CCC3C(C)C)c(O)c2)C1. The number of hydrogen-bond donors (Lipinski definition) is 2. The van der Waals surface area contributed by atoms with Gasteiger partial charge in [-0.05, 0) is 90.7 Å². The highest BCUT2D eigenvalue weighted by atomic mass is 16.3. The average Bonchev–Trinajstić information content (AvgIpc) is 2.60. The maximum absolute atomic E-state index is 11.1. The Morgan fingerprint density at radius 2 is 1.14 bits per heavy atom. The van der Waals surface area contributed by atoms with Gasteiger partial charge in [-0.3, -0.25) is 0 Å². The van der Waals surface area contributed by atoms with Crippen LogP contribution in [0.5, 0.6) is 11.5 Å². The minimum Gasteiger partial charge on any atom is -0.508 e. The fourth-order valence-corrected chi connectivity index (χ4v) is 6.36. The number of hydrogen-bond acceptors (Lipinski definition) is 2. The third kappa shape index (κ3) is 4.36. The van der Waals surface area contributed by atoms with E-state index in [0.717, 1.165) is 24.0 Å². The first-order valence-corrected chi connectivity index (χ1v) is 11.7. The van der Waals surface area contributed by atoms with Crippen LogP contribution in [-0.4, -0.2) is 10.2 Å². The topological polar surface area (TPSA) is 40.5 Å². The Hall–Kier alpha value is -1.18. The molecule has 0 aliphatic heterocycles. The van der Waals surface area contributed by atoms with E-state index in [1.165, 1.54) is 25.7 Å². The zero-order valence-electron chi connectivity index (χ0n) is 18.9. The van der Waals surface area contributed by atoms with Gasteiger partial charge in [-0.1, -0.05) is 54.4 Å². The molecule has 2 heteroatoms. The van der Waals surface area contributed by atoms with E-state index in [4.69, 9.17) is 0 Å². The average molecular weight is 387 g/mol. The van der Waals surface area contributed by atoms with Crippen molar-refractivity contribution in [3.8, 4) is 11.5 Å². The van der Waals surface area contributed by atoms with Gasteiger partial charge in [0.2, 0.25) is 0 Å². The molecule has 1 aromatic carbocycles. The normalized spacial score (nSPS) is 34.1. The lowest BCUT2D eigenvalue weighted by Gasteiger charge is -2.39. The van der Waals surface area contributed by atoms with E-state index in [-0.39, 0.29) is 5.92 Å². The van der Waals surface area contributed by atoms with Gasteiger partial charge in [-0.15, -0.1) is 0 Å². The van der Waals surface area contributed by atoms with E-state index in [9.17, 15) is 10.2 Å². The molecule has 2 nitrogen and oxygen atoms in total. The zero-order chi connectivity index (χ0) is 20.6. The number of phenolic OH excluding ortho intramolecular Hbond substituents is 2. The van der Waals surface area contributed by atoms with Crippen molar-refractivity contribution in [3.05, 3.63) is 23.3 Å². The Balaban J connectivity index is 1.96. The van der Waals surface area contributed by atoms with E-state index >= 15 is 0 Å². The van der Waals surface area contributed by atoms with Gasteiger partial charge in [0.25, 0.3) is 0 Å². The first-order chi connectivity index (χ1) is 13.2. The van der Waals surface area contributed by atoms with Crippen LogP contribution in [0.3, 0.4) is 0 Å². The lowest BCUT2D eigenvalue weighted by Crippen LogP contribution is -2.27. The molecule has 2 aliphatic rings. The van der Waals surface area contributed by atoms with Crippen molar-refractivity contribution < 1.29 is 10.2 Å². The molecule has 28 heavy (non-hydrogen) atoms. The molecule has 1 aromatic rings. The van der Waals surface area contributed by atoms with Crippen LogP contribution in [0.15, 0.2) is 12.1 Å². The molecule has 6 unspecified atom stereocenters. The van der Waals surface area contributed by atoms with Crippen LogP contribution in [0.1, 0.15) is 103 Å². The van der Waals surface area contributed by atoms with Crippen LogP contribution in [0.4, 0.5) is 0 Å². The maximum atomic E-state index is 11.1. The molecule has 0 bridgehead atoms. The summed E-state index contributed by atoms with van der Waals surface area (Å²) in [6.07, 6.45) is 7.23. The predicted octanol–water partition coefficient (Wildman–Crippen LogP) is 7.45. The van der Waals surface area contributed by atoms with Crippen LogP contribution in [-0.2, 0) is 0 Å². The van der Waals surface area contributed by atoms with Gasteiger partial charge in [-0.2, -0.15) is 0 Å². The summed E-state index contributed by atoms with van der Waals surface area (Å²) in [6, 6.07) is 4.01. The van der Waals surface area contributed by atoms with E-state index in [2.05, 4.69) is 41.5 Å².